The van der Waals surface area contributed by atoms with Gasteiger partial charge in [-0.05, 0) is 12.5 Å². The molecular weight excluding hydrogens is 246 g/mol. The SMILES string of the molecule is CCc1nn(C)cc1CNc1nccc(C(=O)O)n1. The largest absolute Gasteiger partial charge is 0.477 e. The molecule has 0 aliphatic carbocycles. The van der Waals surface area contributed by atoms with Gasteiger partial charge in [0, 0.05) is 31.5 Å². The van der Waals surface area contributed by atoms with Gasteiger partial charge in [0.2, 0.25) is 5.95 Å². The number of hydrogen-bond donors (Lipinski definition) is 2. The van der Waals surface area contributed by atoms with Gasteiger partial charge in [-0.25, -0.2) is 14.8 Å². The van der Waals surface area contributed by atoms with Crippen molar-refractivity contribution >= 4 is 11.9 Å². The van der Waals surface area contributed by atoms with E-state index in [1.807, 2.05) is 20.2 Å². The molecule has 7 nitrogen and oxygen atoms in total. The molecule has 100 valence electrons. The Morgan fingerprint density at radius 2 is 2.32 bits per heavy atom. The summed E-state index contributed by atoms with van der Waals surface area (Å²) < 4.78 is 1.75. The Hall–Kier alpha value is -2.44. The van der Waals surface area contributed by atoms with E-state index in [4.69, 9.17) is 5.11 Å². The van der Waals surface area contributed by atoms with Crippen LogP contribution >= 0.6 is 0 Å². The van der Waals surface area contributed by atoms with Gasteiger partial charge in [0.25, 0.3) is 0 Å². The Labute approximate surface area is 110 Å². The number of anilines is 1. The summed E-state index contributed by atoms with van der Waals surface area (Å²) in [7, 11) is 1.87. The highest BCUT2D eigenvalue weighted by Gasteiger charge is 2.08. The predicted molar refractivity (Wildman–Crippen MR) is 68.9 cm³/mol. The highest BCUT2D eigenvalue weighted by Crippen LogP contribution is 2.09. The summed E-state index contributed by atoms with van der Waals surface area (Å²) in [6.45, 7) is 2.55. The Kier molecular flexibility index (Phi) is 3.74. The number of carboxylic acids is 1. The second kappa shape index (κ2) is 5.47. The highest BCUT2D eigenvalue weighted by atomic mass is 16.4. The van der Waals surface area contributed by atoms with Gasteiger partial charge in [0.15, 0.2) is 5.69 Å². The van der Waals surface area contributed by atoms with Crippen LogP contribution in [0.15, 0.2) is 18.5 Å². The third kappa shape index (κ3) is 3.06. The summed E-state index contributed by atoms with van der Waals surface area (Å²) in [5.74, 6) is -0.771. The van der Waals surface area contributed by atoms with Crippen LogP contribution in [0.4, 0.5) is 5.95 Å². The summed E-state index contributed by atoms with van der Waals surface area (Å²) in [5.41, 5.74) is 2.03. The number of aromatic carboxylic acids is 1. The standard InChI is InChI=1S/C12H15N5O2/c1-3-9-8(7-17(2)16-9)6-14-12-13-5-4-10(15-12)11(18)19/h4-5,7H,3,6H2,1-2H3,(H,18,19)(H,13,14,15). The van der Waals surface area contributed by atoms with Gasteiger partial charge < -0.3 is 10.4 Å². The van der Waals surface area contributed by atoms with Crippen molar-refractivity contribution in [2.75, 3.05) is 5.32 Å². The van der Waals surface area contributed by atoms with E-state index in [-0.39, 0.29) is 5.69 Å². The molecule has 0 aliphatic heterocycles. The molecule has 7 heteroatoms. The maximum atomic E-state index is 10.8. The highest BCUT2D eigenvalue weighted by molar-refractivity contribution is 5.85. The van der Waals surface area contributed by atoms with Crippen LogP contribution in [-0.4, -0.2) is 30.8 Å². The predicted octanol–water partition coefficient (Wildman–Crippen LogP) is 1.08. The second-order valence-corrected chi connectivity index (χ2v) is 4.05. The fraction of sp³-hybridized carbons (Fsp3) is 0.333. The van der Waals surface area contributed by atoms with E-state index in [2.05, 4.69) is 20.4 Å². The maximum absolute atomic E-state index is 10.8. The van der Waals surface area contributed by atoms with E-state index < -0.39 is 5.97 Å². The zero-order valence-electron chi connectivity index (χ0n) is 10.8. The molecule has 0 unspecified atom stereocenters. The maximum Gasteiger partial charge on any atom is 0.354 e. The number of carboxylic acid groups (broad SMARTS) is 1. The lowest BCUT2D eigenvalue weighted by Gasteiger charge is -2.04. The monoisotopic (exact) mass is 261 g/mol. The molecular formula is C12H15N5O2. The third-order valence-electron chi connectivity index (χ3n) is 2.64. The van der Waals surface area contributed by atoms with Gasteiger partial charge >= 0.3 is 5.97 Å². The minimum absolute atomic E-state index is 0.0283. The van der Waals surface area contributed by atoms with Crippen LogP contribution in [0.25, 0.3) is 0 Å². The molecule has 0 saturated carbocycles. The molecule has 0 aromatic carbocycles. The fourth-order valence-electron chi connectivity index (χ4n) is 1.77. The Morgan fingerprint density at radius 3 is 3.00 bits per heavy atom. The summed E-state index contributed by atoms with van der Waals surface area (Å²) in [5, 5.41) is 16.2. The molecule has 0 saturated heterocycles. The first-order chi connectivity index (χ1) is 9.10. The van der Waals surface area contributed by atoms with Gasteiger partial charge in [0.05, 0.1) is 5.69 Å². The van der Waals surface area contributed by atoms with Crippen LogP contribution in [0.2, 0.25) is 0 Å². The second-order valence-electron chi connectivity index (χ2n) is 4.05. The van der Waals surface area contributed by atoms with Crippen molar-refractivity contribution in [1.29, 1.82) is 0 Å². The van der Waals surface area contributed by atoms with Crippen molar-refractivity contribution in [2.45, 2.75) is 19.9 Å². The lowest BCUT2D eigenvalue weighted by molar-refractivity contribution is 0.0690. The van der Waals surface area contributed by atoms with Gasteiger partial charge in [-0.1, -0.05) is 6.92 Å². The molecule has 0 atom stereocenters. The average Bonchev–Trinajstić information content (AvgIpc) is 2.77. The van der Waals surface area contributed by atoms with Crippen molar-refractivity contribution < 1.29 is 9.90 Å². The molecule has 0 amide bonds. The summed E-state index contributed by atoms with van der Waals surface area (Å²) in [4.78, 5) is 18.7. The van der Waals surface area contributed by atoms with E-state index >= 15 is 0 Å². The van der Waals surface area contributed by atoms with Crippen LogP contribution in [0.5, 0.6) is 0 Å². The zero-order chi connectivity index (χ0) is 13.8. The quantitative estimate of drug-likeness (QED) is 0.836. The van der Waals surface area contributed by atoms with E-state index in [1.165, 1.54) is 12.3 Å². The first-order valence-electron chi connectivity index (χ1n) is 5.91. The number of nitrogens with one attached hydrogen (secondary N) is 1. The van der Waals surface area contributed by atoms with Gasteiger partial charge in [0.1, 0.15) is 0 Å². The van der Waals surface area contributed by atoms with Crippen LogP contribution in [0.3, 0.4) is 0 Å². The molecule has 19 heavy (non-hydrogen) atoms. The van der Waals surface area contributed by atoms with Crippen LogP contribution in [0, 0.1) is 0 Å². The molecule has 2 N–H and O–H groups in total. The number of aromatic nitrogens is 4. The van der Waals surface area contributed by atoms with Gasteiger partial charge in [-0.2, -0.15) is 5.10 Å². The molecule has 0 spiro atoms. The molecule has 0 radical (unpaired) electrons. The Balaban J connectivity index is 2.09. The third-order valence-corrected chi connectivity index (χ3v) is 2.64. The van der Waals surface area contributed by atoms with Crippen LogP contribution in [-0.2, 0) is 20.0 Å². The first kappa shape index (κ1) is 13.0. The zero-order valence-corrected chi connectivity index (χ0v) is 10.8. The van der Waals surface area contributed by atoms with Crippen molar-refractivity contribution in [3.63, 3.8) is 0 Å². The number of aryl methyl sites for hydroxylation is 2. The fourth-order valence-corrected chi connectivity index (χ4v) is 1.77. The smallest absolute Gasteiger partial charge is 0.354 e. The van der Waals surface area contributed by atoms with Crippen molar-refractivity contribution in [1.82, 2.24) is 19.7 Å². The summed E-state index contributed by atoms with van der Waals surface area (Å²) >= 11 is 0. The first-order valence-corrected chi connectivity index (χ1v) is 5.91. The number of carbonyl (C=O) groups is 1. The molecule has 2 heterocycles. The molecule has 2 aromatic rings. The summed E-state index contributed by atoms with van der Waals surface area (Å²) in [6, 6.07) is 1.36. The molecule has 0 fully saturated rings. The van der Waals surface area contributed by atoms with Crippen molar-refractivity contribution in [3.05, 3.63) is 35.4 Å². The Morgan fingerprint density at radius 1 is 1.53 bits per heavy atom. The van der Waals surface area contributed by atoms with E-state index in [0.29, 0.717) is 12.5 Å². The molecule has 0 bridgehead atoms. The number of hydrogen-bond acceptors (Lipinski definition) is 5. The normalized spacial score (nSPS) is 10.4. The van der Waals surface area contributed by atoms with E-state index in [9.17, 15) is 4.79 Å². The lowest BCUT2D eigenvalue weighted by Crippen LogP contribution is -2.08. The minimum Gasteiger partial charge on any atom is -0.477 e. The molecule has 2 aromatic heterocycles. The van der Waals surface area contributed by atoms with Gasteiger partial charge in [-0.3, -0.25) is 4.68 Å². The minimum atomic E-state index is -1.07. The lowest BCUT2D eigenvalue weighted by atomic mass is 10.2. The Bertz CT molecular complexity index is 594. The van der Waals surface area contributed by atoms with Crippen LogP contribution < -0.4 is 5.32 Å². The molecule has 0 aliphatic rings. The van der Waals surface area contributed by atoms with E-state index in [0.717, 1.165) is 17.7 Å². The average molecular weight is 261 g/mol. The van der Waals surface area contributed by atoms with Gasteiger partial charge in [-0.15, -0.1) is 0 Å². The molecule has 2 rings (SSSR count). The van der Waals surface area contributed by atoms with Crippen LogP contribution in [0.1, 0.15) is 28.7 Å². The topological polar surface area (TPSA) is 92.9 Å². The van der Waals surface area contributed by atoms with Crippen molar-refractivity contribution in [2.24, 2.45) is 7.05 Å². The van der Waals surface area contributed by atoms with Crippen molar-refractivity contribution in [3.8, 4) is 0 Å². The van der Waals surface area contributed by atoms with E-state index in [1.54, 1.807) is 4.68 Å². The summed E-state index contributed by atoms with van der Waals surface area (Å²) in [6.07, 6.45) is 4.18. The number of nitrogens with zero attached hydrogens (tertiary/aromatic N) is 4. The number of rotatable bonds is 5.